The summed E-state index contributed by atoms with van der Waals surface area (Å²) in [6.07, 6.45) is 2.74. The van der Waals surface area contributed by atoms with Crippen molar-refractivity contribution in [1.29, 1.82) is 0 Å². The van der Waals surface area contributed by atoms with Gasteiger partial charge < -0.3 is 9.80 Å². The van der Waals surface area contributed by atoms with Crippen LogP contribution in [0.3, 0.4) is 0 Å². The minimum Gasteiger partial charge on any atom is -0.306 e. The highest BCUT2D eigenvalue weighted by Gasteiger charge is 2.40. The third kappa shape index (κ3) is 3.14. The highest BCUT2D eigenvalue weighted by atomic mass is 19.1. The Bertz CT molecular complexity index is 832. The first-order valence-corrected chi connectivity index (χ1v) is 8.59. The third-order valence-electron chi connectivity index (χ3n) is 4.72. The van der Waals surface area contributed by atoms with Gasteiger partial charge in [0.25, 0.3) is 0 Å². The molecule has 4 nitrogen and oxygen atoms in total. The summed E-state index contributed by atoms with van der Waals surface area (Å²) in [5.41, 5.74) is 2.39. The molecule has 0 radical (unpaired) electrons. The molecule has 1 heterocycles. The maximum atomic E-state index is 13.3. The molecule has 5 heteroatoms. The number of nitrogens with zero attached hydrogens (tertiary/aromatic N) is 2. The second-order valence-corrected chi connectivity index (χ2v) is 6.59. The number of hydrogen-bond acceptors (Lipinski definition) is 2. The van der Waals surface area contributed by atoms with Gasteiger partial charge in [-0.2, -0.15) is 0 Å². The number of rotatable bonds is 4. The van der Waals surface area contributed by atoms with E-state index in [1.165, 1.54) is 12.1 Å². The lowest BCUT2D eigenvalue weighted by Gasteiger charge is -2.36. The normalized spacial score (nSPS) is 16.8. The molecule has 2 aliphatic rings. The fourth-order valence-electron chi connectivity index (χ4n) is 3.36. The van der Waals surface area contributed by atoms with E-state index in [-0.39, 0.29) is 36.6 Å². The molecule has 1 aliphatic heterocycles. The Kier molecular flexibility index (Phi) is 3.99. The number of hydrogen-bond donors (Lipinski definition) is 0. The molecule has 0 saturated heterocycles. The quantitative estimate of drug-likeness (QED) is 0.858. The largest absolute Gasteiger partial charge is 0.306 e. The van der Waals surface area contributed by atoms with Crippen LogP contribution >= 0.6 is 0 Å². The van der Waals surface area contributed by atoms with Crippen molar-refractivity contribution in [2.24, 2.45) is 0 Å². The predicted molar refractivity (Wildman–Crippen MR) is 94.0 cm³/mol. The summed E-state index contributed by atoms with van der Waals surface area (Å²) in [5, 5.41) is 0. The Hall–Kier alpha value is -2.69. The van der Waals surface area contributed by atoms with Crippen LogP contribution in [0.15, 0.2) is 48.5 Å². The van der Waals surface area contributed by atoms with E-state index in [0.717, 1.165) is 29.8 Å². The van der Waals surface area contributed by atoms with E-state index >= 15 is 0 Å². The zero-order valence-corrected chi connectivity index (χ0v) is 13.8. The molecule has 0 N–H and O–H groups in total. The predicted octanol–water partition coefficient (Wildman–Crippen LogP) is 3.30. The molecular weight excluding hydrogens is 319 g/mol. The van der Waals surface area contributed by atoms with Crippen molar-refractivity contribution in [2.75, 3.05) is 16.3 Å². The summed E-state index contributed by atoms with van der Waals surface area (Å²) in [6.45, 7) is 0.0789. The van der Waals surface area contributed by atoms with Gasteiger partial charge in [0.1, 0.15) is 12.4 Å². The molecule has 0 aromatic heterocycles. The summed E-state index contributed by atoms with van der Waals surface area (Å²) in [6, 6.07) is 14.1. The van der Waals surface area contributed by atoms with Gasteiger partial charge in [-0.25, -0.2) is 4.39 Å². The fourth-order valence-corrected chi connectivity index (χ4v) is 3.36. The number of halogens is 1. The molecule has 0 atom stereocenters. The number of aryl methyl sites for hydroxylation is 1. The van der Waals surface area contributed by atoms with Gasteiger partial charge in [-0.3, -0.25) is 9.59 Å². The Morgan fingerprint density at radius 2 is 1.84 bits per heavy atom. The van der Waals surface area contributed by atoms with Gasteiger partial charge in [0.15, 0.2) is 0 Å². The van der Waals surface area contributed by atoms with Crippen LogP contribution in [0, 0.1) is 5.82 Å². The van der Waals surface area contributed by atoms with E-state index in [9.17, 15) is 14.0 Å². The first kappa shape index (κ1) is 15.8. The molecule has 4 rings (SSSR count). The minimum absolute atomic E-state index is 0.0275. The number of anilines is 2. The number of fused-ring (bicyclic) bond motifs is 1. The van der Waals surface area contributed by atoms with Gasteiger partial charge in [0.2, 0.25) is 11.8 Å². The molecule has 2 aromatic rings. The van der Waals surface area contributed by atoms with Crippen molar-refractivity contribution in [3.63, 3.8) is 0 Å². The van der Waals surface area contributed by atoms with E-state index in [1.807, 2.05) is 29.2 Å². The molecule has 1 fully saturated rings. The summed E-state index contributed by atoms with van der Waals surface area (Å²) in [4.78, 5) is 28.7. The summed E-state index contributed by atoms with van der Waals surface area (Å²) < 4.78 is 13.3. The Morgan fingerprint density at radius 3 is 2.56 bits per heavy atom. The van der Waals surface area contributed by atoms with Gasteiger partial charge in [-0.05, 0) is 49.1 Å². The number of benzene rings is 2. The van der Waals surface area contributed by atoms with Crippen molar-refractivity contribution < 1.29 is 14.0 Å². The van der Waals surface area contributed by atoms with Crippen LogP contribution in [0.4, 0.5) is 15.8 Å². The van der Waals surface area contributed by atoms with Crippen molar-refractivity contribution in [3.8, 4) is 0 Å². The maximum Gasteiger partial charge on any atom is 0.247 e. The highest BCUT2D eigenvalue weighted by Crippen LogP contribution is 2.40. The third-order valence-corrected chi connectivity index (χ3v) is 4.72. The maximum absolute atomic E-state index is 13.3. The number of carbonyl (C=O) groups excluding carboxylic acids is 2. The highest BCUT2D eigenvalue weighted by molar-refractivity contribution is 6.11. The summed E-state index contributed by atoms with van der Waals surface area (Å²) in [7, 11) is 0. The van der Waals surface area contributed by atoms with Gasteiger partial charge in [0, 0.05) is 12.5 Å². The van der Waals surface area contributed by atoms with Crippen molar-refractivity contribution in [3.05, 3.63) is 59.9 Å². The molecule has 128 valence electrons. The smallest absolute Gasteiger partial charge is 0.247 e. The monoisotopic (exact) mass is 338 g/mol. The molecule has 1 aliphatic carbocycles. The van der Waals surface area contributed by atoms with Gasteiger partial charge in [-0.15, -0.1) is 0 Å². The van der Waals surface area contributed by atoms with E-state index in [0.29, 0.717) is 6.42 Å². The lowest BCUT2D eigenvalue weighted by atomic mass is 10.1. The van der Waals surface area contributed by atoms with Crippen LogP contribution in [-0.4, -0.2) is 24.4 Å². The zero-order chi connectivity index (χ0) is 17.4. The Balaban J connectivity index is 1.54. The number of amides is 2. The van der Waals surface area contributed by atoms with Gasteiger partial charge in [0.05, 0.1) is 11.4 Å². The molecule has 1 saturated carbocycles. The average Bonchev–Trinajstić information content (AvgIpc) is 3.44. The van der Waals surface area contributed by atoms with Crippen LogP contribution in [0.2, 0.25) is 0 Å². The zero-order valence-electron chi connectivity index (χ0n) is 13.8. The van der Waals surface area contributed by atoms with Gasteiger partial charge in [-0.1, -0.05) is 24.3 Å². The van der Waals surface area contributed by atoms with E-state index < -0.39 is 0 Å². The SMILES string of the molecule is O=C(CCc1cccc(F)c1)N1CC(=O)N(C2CC2)c2ccccc21. The van der Waals surface area contributed by atoms with E-state index in [2.05, 4.69) is 0 Å². The van der Waals surface area contributed by atoms with Gasteiger partial charge >= 0.3 is 0 Å². The minimum atomic E-state index is -0.302. The van der Waals surface area contributed by atoms with Crippen LogP contribution in [0.25, 0.3) is 0 Å². The number of para-hydroxylation sites is 2. The summed E-state index contributed by atoms with van der Waals surface area (Å²) in [5.74, 6) is -0.440. The van der Waals surface area contributed by atoms with Crippen molar-refractivity contribution >= 4 is 23.2 Å². The van der Waals surface area contributed by atoms with Crippen molar-refractivity contribution in [1.82, 2.24) is 0 Å². The standard InChI is InChI=1S/C20H19FN2O2/c21-15-5-3-4-14(12-15)8-11-19(24)22-13-20(25)23(16-9-10-16)18-7-2-1-6-17(18)22/h1-7,12,16H,8-11,13H2. The van der Waals surface area contributed by atoms with Crippen LogP contribution < -0.4 is 9.80 Å². The first-order valence-electron chi connectivity index (χ1n) is 8.59. The first-order chi connectivity index (χ1) is 12.1. The lowest BCUT2D eigenvalue weighted by Crippen LogP contribution is -2.49. The molecule has 0 bridgehead atoms. The van der Waals surface area contributed by atoms with Crippen LogP contribution in [0.5, 0.6) is 0 Å². The summed E-state index contributed by atoms with van der Waals surface area (Å²) >= 11 is 0. The molecule has 2 amide bonds. The fraction of sp³-hybridized carbons (Fsp3) is 0.300. The molecule has 2 aromatic carbocycles. The Labute approximate surface area is 145 Å². The second kappa shape index (κ2) is 6.31. The molecule has 0 unspecified atom stereocenters. The van der Waals surface area contributed by atoms with Crippen LogP contribution in [-0.2, 0) is 16.0 Å². The topological polar surface area (TPSA) is 40.6 Å². The molecule has 25 heavy (non-hydrogen) atoms. The van der Waals surface area contributed by atoms with E-state index in [4.69, 9.17) is 0 Å². The lowest BCUT2D eigenvalue weighted by molar-refractivity contribution is -0.123. The Morgan fingerprint density at radius 1 is 1.08 bits per heavy atom. The number of carbonyl (C=O) groups is 2. The van der Waals surface area contributed by atoms with Crippen molar-refractivity contribution in [2.45, 2.75) is 31.7 Å². The molecular formula is C20H19FN2O2. The van der Waals surface area contributed by atoms with Crippen LogP contribution in [0.1, 0.15) is 24.8 Å². The average molecular weight is 338 g/mol. The second-order valence-electron chi connectivity index (χ2n) is 6.59. The molecule has 0 spiro atoms. The van der Waals surface area contributed by atoms with E-state index in [1.54, 1.807) is 17.0 Å².